The molecule has 2 aliphatic heterocycles. The van der Waals surface area contributed by atoms with Gasteiger partial charge in [-0.05, 0) is 55.9 Å². The molecule has 29 heavy (non-hydrogen) atoms. The third-order valence-corrected chi connectivity index (χ3v) is 7.32. The third kappa shape index (κ3) is 3.48. The summed E-state index contributed by atoms with van der Waals surface area (Å²) in [6.45, 7) is 8.19. The van der Waals surface area contributed by atoms with Gasteiger partial charge in [-0.3, -0.25) is 14.7 Å². The van der Waals surface area contributed by atoms with Gasteiger partial charge in [0.1, 0.15) is 0 Å². The third-order valence-electron chi connectivity index (χ3n) is 7.32. The molecule has 3 fully saturated rings. The number of aromatic nitrogens is 1. The van der Waals surface area contributed by atoms with Gasteiger partial charge in [-0.2, -0.15) is 0 Å². The van der Waals surface area contributed by atoms with Crippen molar-refractivity contribution in [2.75, 3.05) is 19.6 Å². The lowest BCUT2D eigenvalue weighted by molar-refractivity contribution is -0.139. The average molecular weight is 390 g/mol. The normalized spacial score (nSPS) is 27.1. The molecule has 3 atom stereocenters. The standard InChI is InChI=1S/C25H31N3O/c1-17-7-3-4-12-22(17)24-23-16-27(15-21-11-5-8-18(2)26-21)13-20(23)14-28(24)25(29)19-9-6-10-19/h3-5,7-8,11-12,19-20,23-24H,6,9-10,13-16H2,1-2H3/t20-,23-,24+/m0/s1. The SMILES string of the molecule is Cc1cccc(CN2C[C@H]3CN(C(=O)C4CCC4)[C@H](c4ccccc4C)[C@H]3C2)n1. The van der Waals surface area contributed by atoms with Crippen LogP contribution >= 0.6 is 0 Å². The van der Waals surface area contributed by atoms with E-state index >= 15 is 0 Å². The van der Waals surface area contributed by atoms with Crippen LogP contribution < -0.4 is 0 Å². The van der Waals surface area contributed by atoms with Gasteiger partial charge in [-0.15, -0.1) is 0 Å². The van der Waals surface area contributed by atoms with E-state index in [0.29, 0.717) is 17.7 Å². The van der Waals surface area contributed by atoms with E-state index in [2.05, 4.69) is 66.1 Å². The van der Waals surface area contributed by atoms with Gasteiger partial charge in [0.25, 0.3) is 0 Å². The molecule has 1 saturated carbocycles. The number of pyridine rings is 1. The lowest BCUT2D eigenvalue weighted by atomic mass is 9.83. The van der Waals surface area contributed by atoms with Gasteiger partial charge in [0.15, 0.2) is 0 Å². The Labute approximate surface area is 173 Å². The van der Waals surface area contributed by atoms with E-state index in [1.807, 2.05) is 0 Å². The summed E-state index contributed by atoms with van der Waals surface area (Å²) in [7, 11) is 0. The second kappa shape index (κ2) is 7.56. The monoisotopic (exact) mass is 389 g/mol. The Morgan fingerprint density at radius 3 is 2.59 bits per heavy atom. The minimum Gasteiger partial charge on any atom is -0.335 e. The van der Waals surface area contributed by atoms with Crippen LogP contribution in [0.5, 0.6) is 0 Å². The molecule has 3 aliphatic rings. The highest BCUT2D eigenvalue weighted by atomic mass is 16.2. The quantitative estimate of drug-likeness (QED) is 0.789. The van der Waals surface area contributed by atoms with E-state index in [4.69, 9.17) is 4.98 Å². The molecule has 4 heteroatoms. The van der Waals surface area contributed by atoms with Crippen LogP contribution in [0.25, 0.3) is 0 Å². The first-order chi connectivity index (χ1) is 14.1. The summed E-state index contributed by atoms with van der Waals surface area (Å²) in [5.41, 5.74) is 4.89. The zero-order valence-corrected chi connectivity index (χ0v) is 17.6. The van der Waals surface area contributed by atoms with Crippen molar-refractivity contribution in [2.24, 2.45) is 17.8 Å². The van der Waals surface area contributed by atoms with E-state index in [1.165, 1.54) is 17.5 Å². The highest BCUT2D eigenvalue weighted by molar-refractivity contribution is 5.80. The second-order valence-corrected chi connectivity index (χ2v) is 9.31. The molecule has 0 N–H and O–H groups in total. The molecule has 1 aromatic heterocycles. The fourth-order valence-corrected chi connectivity index (χ4v) is 5.62. The largest absolute Gasteiger partial charge is 0.335 e. The summed E-state index contributed by atoms with van der Waals surface area (Å²) in [6.07, 6.45) is 3.37. The number of amides is 1. The summed E-state index contributed by atoms with van der Waals surface area (Å²) in [6, 6.07) is 15.2. The second-order valence-electron chi connectivity index (χ2n) is 9.31. The fourth-order valence-electron chi connectivity index (χ4n) is 5.62. The van der Waals surface area contributed by atoms with Crippen LogP contribution in [0.3, 0.4) is 0 Å². The van der Waals surface area contributed by atoms with Gasteiger partial charge < -0.3 is 4.90 Å². The maximum Gasteiger partial charge on any atom is 0.226 e. The molecule has 4 nitrogen and oxygen atoms in total. The number of benzene rings is 1. The minimum atomic E-state index is 0.227. The van der Waals surface area contributed by atoms with Crippen LogP contribution in [0.2, 0.25) is 0 Å². The molecule has 0 radical (unpaired) electrons. The number of hydrogen-bond acceptors (Lipinski definition) is 3. The topological polar surface area (TPSA) is 36.4 Å². The van der Waals surface area contributed by atoms with Crippen LogP contribution in [0.15, 0.2) is 42.5 Å². The Bertz CT molecular complexity index is 906. The number of fused-ring (bicyclic) bond motifs is 1. The Morgan fingerprint density at radius 1 is 1.03 bits per heavy atom. The van der Waals surface area contributed by atoms with Crippen molar-refractivity contribution in [3.63, 3.8) is 0 Å². The first-order valence-electron chi connectivity index (χ1n) is 11.1. The van der Waals surface area contributed by atoms with E-state index in [0.717, 1.165) is 50.4 Å². The van der Waals surface area contributed by atoms with Gasteiger partial charge in [-0.25, -0.2) is 0 Å². The van der Waals surface area contributed by atoms with Gasteiger partial charge >= 0.3 is 0 Å². The van der Waals surface area contributed by atoms with E-state index in [9.17, 15) is 4.79 Å². The fraction of sp³-hybridized carbons (Fsp3) is 0.520. The molecule has 2 saturated heterocycles. The first kappa shape index (κ1) is 18.8. The van der Waals surface area contributed by atoms with Crippen molar-refractivity contribution in [1.29, 1.82) is 0 Å². The summed E-state index contributed by atoms with van der Waals surface area (Å²) in [5.74, 6) is 1.76. The zero-order valence-electron chi connectivity index (χ0n) is 17.6. The van der Waals surface area contributed by atoms with Crippen molar-refractivity contribution in [2.45, 2.75) is 45.7 Å². The Morgan fingerprint density at radius 2 is 1.86 bits per heavy atom. The number of rotatable bonds is 4. The lowest BCUT2D eigenvalue weighted by Crippen LogP contribution is -2.41. The van der Waals surface area contributed by atoms with Crippen LogP contribution in [0, 0.1) is 31.6 Å². The molecular formula is C25H31N3O. The van der Waals surface area contributed by atoms with Crippen molar-refractivity contribution in [1.82, 2.24) is 14.8 Å². The number of hydrogen-bond donors (Lipinski definition) is 0. The highest BCUT2D eigenvalue weighted by Crippen LogP contribution is 2.47. The van der Waals surface area contributed by atoms with E-state index in [-0.39, 0.29) is 12.0 Å². The summed E-state index contributed by atoms with van der Waals surface area (Å²) in [5, 5.41) is 0. The predicted molar refractivity (Wildman–Crippen MR) is 114 cm³/mol. The average Bonchev–Trinajstić information content (AvgIpc) is 3.18. The number of carbonyl (C=O) groups is 1. The zero-order chi connectivity index (χ0) is 20.0. The molecular weight excluding hydrogens is 358 g/mol. The Balaban J connectivity index is 1.39. The molecule has 0 bridgehead atoms. The smallest absolute Gasteiger partial charge is 0.226 e. The van der Waals surface area contributed by atoms with Gasteiger partial charge in [0.2, 0.25) is 5.91 Å². The van der Waals surface area contributed by atoms with E-state index in [1.54, 1.807) is 0 Å². The molecule has 1 aliphatic carbocycles. The van der Waals surface area contributed by atoms with Crippen molar-refractivity contribution < 1.29 is 4.79 Å². The number of aryl methyl sites for hydroxylation is 2. The maximum atomic E-state index is 13.3. The molecule has 1 aromatic carbocycles. The van der Waals surface area contributed by atoms with Crippen molar-refractivity contribution >= 4 is 5.91 Å². The van der Waals surface area contributed by atoms with Gasteiger partial charge in [0, 0.05) is 43.7 Å². The van der Waals surface area contributed by atoms with Gasteiger partial charge in [-0.1, -0.05) is 36.8 Å². The summed E-state index contributed by atoms with van der Waals surface area (Å²) >= 11 is 0. The highest BCUT2D eigenvalue weighted by Gasteiger charge is 2.50. The predicted octanol–water partition coefficient (Wildman–Crippen LogP) is 4.13. The van der Waals surface area contributed by atoms with Crippen LogP contribution in [-0.2, 0) is 11.3 Å². The van der Waals surface area contributed by atoms with Crippen LogP contribution in [0.4, 0.5) is 0 Å². The summed E-state index contributed by atoms with van der Waals surface area (Å²) < 4.78 is 0. The summed E-state index contributed by atoms with van der Waals surface area (Å²) in [4.78, 5) is 22.8. The molecule has 0 spiro atoms. The number of carbonyl (C=O) groups excluding carboxylic acids is 1. The minimum absolute atomic E-state index is 0.227. The molecule has 5 rings (SSSR count). The van der Waals surface area contributed by atoms with Crippen LogP contribution in [0.1, 0.15) is 47.8 Å². The lowest BCUT2D eigenvalue weighted by Gasteiger charge is -2.35. The van der Waals surface area contributed by atoms with Crippen LogP contribution in [-0.4, -0.2) is 40.3 Å². The molecule has 1 amide bonds. The molecule has 0 unspecified atom stereocenters. The Hall–Kier alpha value is -2.20. The molecule has 152 valence electrons. The maximum absolute atomic E-state index is 13.3. The van der Waals surface area contributed by atoms with E-state index < -0.39 is 0 Å². The first-order valence-corrected chi connectivity index (χ1v) is 11.1. The number of likely N-dealkylation sites (tertiary alicyclic amines) is 2. The molecule has 3 heterocycles. The van der Waals surface area contributed by atoms with Crippen molar-refractivity contribution in [3.05, 3.63) is 65.0 Å². The van der Waals surface area contributed by atoms with Crippen molar-refractivity contribution in [3.8, 4) is 0 Å². The number of nitrogens with zero attached hydrogens (tertiary/aromatic N) is 3. The molecule has 2 aromatic rings. The van der Waals surface area contributed by atoms with Gasteiger partial charge in [0.05, 0.1) is 11.7 Å². The Kier molecular flexibility index (Phi) is 4.91.